The fourth-order valence-corrected chi connectivity index (χ4v) is 2.64. The average Bonchev–Trinajstić information content (AvgIpc) is 2.39. The minimum Gasteiger partial charge on any atom is -0.299 e. The van der Waals surface area contributed by atoms with Crippen LogP contribution in [0.4, 0.5) is 0 Å². The summed E-state index contributed by atoms with van der Waals surface area (Å²) in [7, 11) is 0. The minimum absolute atomic E-state index is 0.107. The van der Waals surface area contributed by atoms with Crippen LogP contribution < -0.4 is 0 Å². The SMILES string of the molecule is O=C1CCCCC1c1ccc2cccnc2c1. The molecule has 1 aliphatic rings. The molecule has 0 N–H and O–H groups in total. The number of hydrogen-bond donors (Lipinski definition) is 0. The molecule has 1 heterocycles. The Labute approximate surface area is 101 Å². The first kappa shape index (κ1) is 10.5. The number of benzene rings is 1. The molecule has 86 valence electrons. The average molecular weight is 225 g/mol. The fraction of sp³-hybridized carbons (Fsp3) is 0.333. The molecule has 0 bridgehead atoms. The zero-order valence-electron chi connectivity index (χ0n) is 9.73. The summed E-state index contributed by atoms with van der Waals surface area (Å²) in [6.45, 7) is 0. The van der Waals surface area contributed by atoms with Crippen LogP contribution >= 0.6 is 0 Å². The molecule has 17 heavy (non-hydrogen) atoms. The maximum absolute atomic E-state index is 11.9. The van der Waals surface area contributed by atoms with Gasteiger partial charge in [0.2, 0.25) is 0 Å². The van der Waals surface area contributed by atoms with Crippen LogP contribution in [0, 0.1) is 0 Å². The Morgan fingerprint density at radius 2 is 2.12 bits per heavy atom. The monoisotopic (exact) mass is 225 g/mol. The Bertz CT molecular complexity index is 562. The van der Waals surface area contributed by atoms with Crippen LogP contribution in [0.15, 0.2) is 36.5 Å². The summed E-state index contributed by atoms with van der Waals surface area (Å²) < 4.78 is 0. The lowest BCUT2D eigenvalue weighted by atomic mass is 9.83. The van der Waals surface area contributed by atoms with Crippen molar-refractivity contribution in [1.29, 1.82) is 0 Å². The van der Waals surface area contributed by atoms with E-state index in [-0.39, 0.29) is 5.92 Å². The molecule has 1 aromatic carbocycles. The van der Waals surface area contributed by atoms with Crippen molar-refractivity contribution in [3.05, 3.63) is 42.1 Å². The summed E-state index contributed by atoms with van der Waals surface area (Å²) in [6.07, 6.45) is 5.76. The number of carbonyl (C=O) groups excluding carboxylic acids is 1. The van der Waals surface area contributed by atoms with Crippen molar-refractivity contribution in [2.75, 3.05) is 0 Å². The number of carbonyl (C=O) groups is 1. The first-order chi connectivity index (χ1) is 8.34. The van der Waals surface area contributed by atoms with Crippen LogP contribution in [0.2, 0.25) is 0 Å². The van der Waals surface area contributed by atoms with Crippen LogP contribution in [0.25, 0.3) is 10.9 Å². The molecule has 1 fully saturated rings. The van der Waals surface area contributed by atoms with Gasteiger partial charge in [0.25, 0.3) is 0 Å². The summed E-state index contributed by atoms with van der Waals surface area (Å²) >= 11 is 0. The van der Waals surface area contributed by atoms with E-state index in [1.54, 1.807) is 6.20 Å². The van der Waals surface area contributed by atoms with Crippen LogP contribution in [0.5, 0.6) is 0 Å². The van der Waals surface area contributed by atoms with Gasteiger partial charge in [0.05, 0.1) is 5.52 Å². The van der Waals surface area contributed by atoms with Gasteiger partial charge in [-0.3, -0.25) is 9.78 Å². The maximum atomic E-state index is 11.9. The van der Waals surface area contributed by atoms with E-state index in [0.29, 0.717) is 5.78 Å². The van der Waals surface area contributed by atoms with Crippen molar-refractivity contribution >= 4 is 16.7 Å². The van der Waals surface area contributed by atoms with Gasteiger partial charge in [0, 0.05) is 23.9 Å². The molecule has 1 aromatic heterocycles. The van der Waals surface area contributed by atoms with Crippen LogP contribution in [0.1, 0.15) is 37.2 Å². The highest BCUT2D eigenvalue weighted by Crippen LogP contribution is 2.31. The van der Waals surface area contributed by atoms with E-state index in [2.05, 4.69) is 29.2 Å². The molecule has 2 heteroatoms. The maximum Gasteiger partial charge on any atom is 0.140 e. The lowest BCUT2D eigenvalue weighted by molar-refractivity contribution is -0.121. The number of fused-ring (bicyclic) bond motifs is 1. The second kappa shape index (κ2) is 4.28. The number of Topliss-reactive ketones (excluding diaryl/α,β-unsaturated/α-hetero) is 1. The van der Waals surface area contributed by atoms with Crippen LogP contribution in [-0.2, 0) is 4.79 Å². The topological polar surface area (TPSA) is 30.0 Å². The van der Waals surface area contributed by atoms with Crippen molar-refractivity contribution in [2.24, 2.45) is 0 Å². The first-order valence-electron chi connectivity index (χ1n) is 6.22. The Balaban J connectivity index is 2.02. The summed E-state index contributed by atoms with van der Waals surface area (Å²) in [5.74, 6) is 0.502. The second-order valence-corrected chi connectivity index (χ2v) is 4.72. The quantitative estimate of drug-likeness (QED) is 0.744. The highest BCUT2D eigenvalue weighted by Gasteiger charge is 2.23. The van der Waals surface area contributed by atoms with Crippen molar-refractivity contribution in [3.8, 4) is 0 Å². The van der Waals surface area contributed by atoms with Crippen LogP contribution in [0.3, 0.4) is 0 Å². The molecule has 0 aliphatic heterocycles. The molecule has 0 radical (unpaired) electrons. The molecular formula is C15H15NO. The first-order valence-corrected chi connectivity index (χ1v) is 6.22. The van der Waals surface area contributed by atoms with E-state index in [9.17, 15) is 4.79 Å². The summed E-state index contributed by atoms with van der Waals surface area (Å²) in [5.41, 5.74) is 2.13. The van der Waals surface area contributed by atoms with Gasteiger partial charge in [-0.15, -0.1) is 0 Å². The number of hydrogen-bond acceptors (Lipinski definition) is 2. The second-order valence-electron chi connectivity index (χ2n) is 4.72. The highest BCUT2D eigenvalue weighted by molar-refractivity contribution is 5.88. The molecular weight excluding hydrogens is 210 g/mol. The van der Waals surface area contributed by atoms with Gasteiger partial charge in [-0.1, -0.05) is 24.6 Å². The van der Waals surface area contributed by atoms with E-state index in [1.807, 2.05) is 6.07 Å². The number of ketones is 1. The van der Waals surface area contributed by atoms with E-state index >= 15 is 0 Å². The van der Waals surface area contributed by atoms with E-state index in [1.165, 1.54) is 0 Å². The molecule has 0 amide bonds. The molecule has 2 nitrogen and oxygen atoms in total. The van der Waals surface area contributed by atoms with Gasteiger partial charge in [0.15, 0.2) is 0 Å². The Kier molecular flexibility index (Phi) is 2.63. The molecule has 0 saturated heterocycles. The van der Waals surface area contributed by atoms with E-state index in [4.69, 9.17) is 0 Å². The Morgan fingerprint density at radius 1 is 1.18 bits per heavy atom. The zero-order valence-corrected chi connectivity index (χ0v) is 9.73. The molecule has 3 rings (SSSR count). The van der Waals surface area contributed by atoms with Crippen molar-refractivity contribution in [2.45, 2.75) is 31.6 Å². The lowest BCUT2D eigenvalue weighted by Crippen LogP contribution is -2.16. The van der Waals surface area contributed by atoms with Crippen molar-refractivity contribution < 1.29 is 4.79 Å². The number of pyridine rings is 1. The lowest BCUT2D eigenvalue weighted by Gasteiger charge is -2.20. The standard InChI is InChI=1S/C15H15NO/c17-15-6-2-1-5-13(15)12-8-7-11-4-3-9-16-14(11)10-12/h3-4,7-10,13H,1-2,5-6H2. The summed E-state index contributed by atoms with van der Waals surface area (Å²) in [4.78, 5) is 16.3. The molecule has 0 spiro atoms. The third-order valence-corrected chi connectivity index (χ3v) is 3.59. The zero-order chi connectivity index (χ0) is 11.7. The Hall–Kier alpha value is -1.70. The number of aromatic nitrogens is 1. The summed E-state index contributed by atoms with van der Waals surface area (Å²) in [5, 5.41) is 1.14. The smallest absolute Gasteiger partial charge is 0.140 e. The molecule has 1 aliphatic carbocycles. The van der Waals surface area contributed by atoms with Gasteiger partial charge >= 0.3 is 0 Å². The molecule has 2 aromatic rings. The van der Waals surface area contributed by atoms with E-state index < -0.39 is 0 Å². The van der Waals surface area contributed by atoms with Gasteiger partial charge in [-0.05, 0) is 30.5 Å². The largest absolute Gasteiger partial charge is 0.299 e. The third-order valence-electron chi connectivity index (χ3n) is 3.59. The predicted octanol–water partition coefficient (Wildman–Crippen LogP) is 3.46. The van der Waals surface area contributed by atoms with Gasteiger partial charge in [-0.25, -0.2) is 0 Å². The normalized spacial score (nSPS) is 20.7. The Morgan fingerprint density at radius 3 is 3.00 bits per heavy atom. The minimum atomic E-state index is 0.107. The molecule has 1 atom stereocenters. The molecule has 1 unspecified atom stereocenters. The third kappa shape index (κ3) is 1.95. The fourth-order valence-electron chi connectivity index (χ4n) is 2.64. The van der Waals surface area contributed by atoms with Gasteiger partial charge in [-0.2, -0.15) is 0 Å². The van der Waals surface area contributed by atoms with Gasteiger partial charge < -0.3 is 0 Å². The summed E-state index contributed by atoms with van der Waals surface area (Å²) in [6, 6.07) is 10.2. The van der Waals surface area contributed by atoms with Crippen LogP contribution in [-0.4, -0.2) is 10.8 Å². The predicted molar refractivity (Wildman–Crippen MR) is 68.0 cm³/mol. The number of nitrogens with zero attached hydrogens (tertiary/aromatic N) is 1. The van der Waals surface area contributed by atoms with Gasteiger partial charge in [0.1, 0.15) is 5.78 Å². The number of rotatable bonds is 1. The highest BCUT2D eigenvalue weighted by atomic mass is 16.1. The van der Waals surface area contributed by atoms with E-state index in [0.717, 1.165) is 42.1 Å². The van der Waals surface area contributed by atoms with Crippen molar-refractivity contribution in [1.82, 2.24) is 4.98 Å². The van der Waals surface area contributed by atoms with Crippen molar-refractivity contribution in [3.63, 3.8) is 0 Å². The molecule has 1 saturated carbocycles.